The van der Waals surface area contributed by atoms with Crippen molar-refractivity contribution in [3.63, 3.8) is 0 Å². The van der Waals surface area contributed by atoms with E-state index in [-0.39, 0.29) is 10.6 Å². The van der Waals surface area contributed by atoms with E-state index >= 15 is 0 Å². The van der Waals surface area contributed by atoms with E-state index in [0.717, 1.165) is 5.69 Å². The third kappa shape index (κ3) is 3.84. The van der Waals surface area contributed by atoms with Crippen LogP contribution in [0, 0.1) is 0 Å². The average Bonchev–Trinajstić information content (AvgIpc) is 2.15. The highest BCUT2D eigenvalue weighted by Gasteiger charge is 2.24. The van der Waals surface area contributed by atoms with Crippen molar-refractivity contribution in [1.82, 2.24) is 4.48 Å². The molecule has 0 spiro atoms. The summed E-state index contributed by atoms with van der Waals surface area (Å²) in [6, 6.07) is 7.61. The first kappa shape index (κ1) is 13.7. The molecule has 1 aromatic rings. The maximum Gasteiger partial charge on any atom is 0.520 e. The van der Waals surface area contributed by atoms with E-state index < -0.39 is 0 Å². The number of hydrogen-bond donors (Lipinski definition) is 0. The van der Waals surface area contributed by atoms with Crippen LogP contribution in [0.3, 0.4) is 0 Å². The molecule has 0 saturated carbocycles. The van der Waals surface area contributed by atoms with E-state index in [1.54, 1.807) is 27.2 Å². The average molecular weight is 238 g/mol. The Labute approximate surface area is 103 Å². The fourth-order valence-electron chi connectivity index (χ4n) is 1.20. The quantitative estimate of drug-likeness (QED) is 0.737. The van der Waals surface area contributed by atoms with Gasteiger partial charge in [0.25, 0.3) is 0 Å². The summed E-state index contributed by atoms with van der Waals surface area (Å²) in [6.45, 7) is 0. The molecule has 0 aliphatic carbocycles. The van der Waals surface area contributed by atoms with Crippen molar-refractivity contribution in [2.75, 3.05) is 42.3 Å². The molecule has 4 nitrogen and oxygen atoms in total. The lowest BCUT2D eigenvalue weighted by Crippen LogP contribution is -2.43. The van der Waals surface area contributed by atoms with Crippen LogP contribution in [0.15, 0.2) is 24.3 Å². The summed E-state index contributed by atoms with van der Waals surface area (Å²) >= 11 is 0. The molecule has 0 aliphatic heterocycles. The van der Waals surface area contributed by atoms with Crippen LogP contribution in [-0.2, 0) is 0 Å². The van der Waals surface area contributed by atoms with Crippen LogP contribution in [0.25, 0.3) is 0 Å². The molecule has 17 heavy (non-hydrogen) atoms. The predicted molar refractivity (Wildman–Crippen MR) is 70.1 cm³/mol. The first-order chi connectivity index (χ1) is 7.60. The summed E-state index contributed by atoms with van der Waals surface area (Å²) in [7, 11) is 11.6. The van der Waals surface area contributed by atoms with Crippen molar-refractivity contribution in [3.05, 3.63) is 24.3 Å². The Hall–Kier alpha value is -1.39. The van der Waals surface area contributed by atoms with Crippen LogP contribution in [0.1, 0.15) is 0 Å². The molecule has 0 radical (unpaired) electrons. The molecule has 0 saturated heterocycles. The molecule has 4 heteroatoms. The van der Waals surface area contributed by atoms with Crippen molar-refractivity contribution in [2.24, 2.45) is 0 Å². The molecule has 0 unspecified atom stereocenters. The summed E-state index contributed by atoms with van der Waals surface area (Å²) in [5.41, 5.74) is 1.09. The fraction of sp³-hybridized carbons (Fsp3) is 0.462. The van der Waals surface area contributed by atoms with Gasteiger partial charge in [-0.3, -0.25) is 4.48 Å². The monoisotopic (exact) mass is 238 g/mol. The Balaban J connectivity index is 2.91. The minimum atomic E-state index is -0.274. The summed E-state index contributed by atoms with van der Waals surface area (Å²) in [6.07, 6.45) is -0.274. The summed E-state index contributed by atoms with van der Waals surface area (Å²) in [4.78, 5) is 11.7. The Bertz CT molecular complexity index is 414. The molecule has 0 bridgehead atoms. The molecular formula is C13H22N2O2+2. The molecule has 0 aromatic heterocycles. The number of amides is 1. The highest BCUT2D eigenvalue weighted by molar-refractivity contribution is 5.64. The van der Waals surface area contributed by atoms with Crippen LogP contribution >= 0.6 is 0 Å². The number of ether oxygens (including phenoxy) is 1. The molecule has 0 heterocycles. The van der Waals surface area contributed by atoms with E-state index in [1.165, 1.54) is 0 Å². The number of carbonyl (C=O) groups is 1. The summed E-state index contributed by atoms with van der Waals surface area (Å²) < 4.78 is 6.18. The first-order valence-electron chi connectivity index (χ1n) is 5.56. The van der Waals surface area contributed by atoms with Crippen molar-refractivity contribution in [3.8, 4) is 5.75 Å². The minimum Gasteiger partial charge on any atom is -0.381 e. The SMILES string of the molecule is C[N+](C)(C)C(=O)Oc1cccc([N+](C)(C)C)c1. The Morgan fingerprint density at radius 3 is 2.12 bits per heavy atom. The van der Waals surface area contributed by atoms with Crippen LogP contribution in [0.4, 0.5) is 10.5 Å². The van der Waals surface area contributed by atoms with E-state index in [9.17, 15) is 4.79 Å². The van der Waals surface area contributed by atoms with Gasteiger partial charge in [-0.25, -0.2) is 4.48 Å². The number of quaternary nitrogens is 2. The smallest absolute Gasteiger partial charge is 0.381 e. The first-order valence-corrected chi connectivity index (χ1v) is 5.56. The third-order valence-electron chi connectivity index (χ3n) is 2.35. The number of hydrogen-bond acceptors (Lipinski definition) is 2. The van der Waals surface area contributed by atoms with Crippen LogP contribution in [0.2, 0.25) is 0 Å². The van der Waals surface area contributed by atoms with Crippen molar-refractivity contribution in [1.29, 1.82) is 0 Å². The predicted octanol–water partition coefficient (Wildman–Crippen LogP) is 2.09. The number of benzene rings is 1. The lowest BCUT2D eigenvalue weighted by molar-refractivity contribution is -0.793. The molecule has 0 atom stereocenters. The molecule has 0 N–H and O–H groups in total. The van der Waals surface area contributed by atoms with E-state index in [2.05, 4.69) is 21.1 Å². The number of nitrogens with zero attached hydrogens (tertiary/aromatic N) is 2. The second-order valence-corrected chi connectivity index (χ2v) is 5.89. The Morgan fingerprint density at radius 2 is 1.65 bits per heavy atom. The molecular weight excluding hydrogens is 216 g/mol. The Kier molecular flexibility index (Phi) is 3.59. The zero-order chi connectivity index (χ0) is 13.3. The van der Waals surface area contributed by atoms with E-state index in [0.29, 0.717) is 10.2 Å². The molecule has 0 aliphatic rings. The lowest BCUT2D eigenvalue weighted by Gasteiger charge is -2.24. The molecule has 1 rings (SSSR count). The van der Waals surface area contributed by atoms with Gasteiger partial charge in [0.1, 0.15) is 11.4 Å². The summed E-state index contributed by atoms with van der Waals surface area (Å²) in [5, 5.41) is 0. The molecule has 1 amide bonds. The second-order valence-electron chi connectivity index (χ2n) is 5.89. The van der Waals surface area contributed by atoms with Crippen LogP contribution in [-0.4, -0.2) is 52.9 Å². The van der Waals surface area contributed by atoms with Crippen molar-refractivity contribution in [2.45, 2.75) is 0 Å². The normalized spacial score (nSPS) is 12.4. The highest BCUT2D eigenvalue weighted by Crippen LogP contribution is 2.23. The van der Waals surface area contributed by atoms with Crippen molar-refractivity contribution < 1.29 is 14.0 Å². The van der Waals surface area contributed by atoms with Crippen molar-refractivity contribution >= 4 is 11.8 Å². The fourth-order valence-corrected chi connectivity index (χ4v) is 1.20. The van der Waals surface area contributed by atoms with Gasteiger partial charge in [0.2, 0.25) is 0 Å². The number of rotatable bonds is 2. The summed E-state index contributed by atoms with van der Waals surface area (Å²) in [5.74, 6) is 0.591. The maximum absolute atomic E-state index is 11.7. The van der Waals surface area contributed by atoms with Gasteiger partial charge in [-0.2, -0.15) is 4.79 Å². The molecule has 94 valence electrons. The van der Waals surface area contributed by atoms with Gasteiger partial charge in [0.15, 0.2) is 0 Å². The standard InChI is InChI=1S/C13H22N2O2/c1-14(2,3)11-8-7-9-12(10-11)17-13(16)15(4,5)6/h7-10H,1-6H3/q+2. The van der Waals surface area contributed by atoms with Gasteiger partial charge in [0.05, 0.1) is 42.3 Å². The molecule has 1 aromatic carbocycles. The third-order valence-corrected chi connectivity index (χ3v) is 2.35. The lowest BCUT2D eigenvalue weighted by atomic mass is 10.2. The Morgan fingerprint density at radius 1 is 1.06 bits per heavy atom. The van der Waals surface area contributed by atoms with Gasteiger partial charge >= 0.3 is 6.09 Å². The topological polar surface area (TPSA) is 26.3 Å². The maximum atomic E-state index is 11.7. The van der Waals surface area contributed by atoms with Gasteiger partial charge in [0, 0.05) is 6.07 Å². The van der Waals surface area contributed by atoms with Gasteiger partial charge < -0.3 is 4.74 Å². The van der Waals surface area contributed by atoms with Gasteiger partial charge in [-0.05, 0) is 12.1 Å². The zero-order valence-electron chi connectivity index (χ0n) is 11.5. The second kappa shape index (κ2) is 4.47. The highest BCUT2D eigenvalue weighted by atomic mass is 16.6. The number of carbonyl (C=O) groups excluding carboxylic acids is 1. The largest absolute Gasteiger partial charge is 0.520 e. The van der Waals surface area contributed by atoms with Crippen LogP contribution in [0.5, 0.6) is 5.75 Å². The van der Waals surface area contributed by atoms with E-state index in [4.69, 9.17) is 4.74 Å². The van der Waals surface area contributed by atoms with Gasteiger partial charge in [-0.1, -0.05) is 6.07 Å². The molecule has 0 fully saturated rings. The van der Waals surface area contributed by atoms with E-state index in [1.807, 2.05) is 18.2 Å². The van der Waals surface area contributed by atoms with Crippen LogP contribution < -0.4 is 9.22 Å². The zero-order valence-corrected chi connectivity index (χ0v) is 11.5. The minimum absolute atomic E-state index is 0.147. The van der Waals surface area contributed by atoms with Gasteiger partial charge in [-0.15, -0.1) is 0 Å².